The van der Waals surface area contributed by atoms with E-state index in [4.69, 9.17) is 4.99 Å². The van der Waals surface area contributed by atoms with Crippen LogP contribution in [0.1, 0.15) is 51.2 Å². The number of rotatable bonds is 8. The molecule has 2 N–H and O–H groups in total. The second-order valence-corrected chi connectivity index (χ2v) is 6.94. The minimum atomic E-state index is 0.551. The molecule has 0 atom stereocenters. The molecule has 0 unspecified atom stereocenters. The summed E-state index contributed by atoms with van der Waals surface area (Å²) in [7, 11) is 0. The normalized spacial score (nSPS) is 16.8. The highest BCUT2D eigenvalue weighted by Gasteiger charge is 2.19. The molecule has 140 valence electrons. The van der Waals surface area contributed by atoms with Crippen molar-refractivity contribution in [3.63, 3.8) is 0 Å². The van der Waals surface area contributed by atoms with Crippen LogP contribution < -0.4 is 10.6 Å². The predicted octanol–water partition coefficient (Wildman–Crippen LogP) is 3.22. The first-order valence-corrected chi connectivity index (χ1v) is 10.1. The summed E-state index contributed by atoms with van der Waals surface area (Å²) in [4.78, 5) is 7.35. The van der Waals surface area contributed by atoms with Crippen LogP contribution in [0, 0.1) is 0 Å². The van der Waals surface area contributed by atoms with Gasteiger partial charge in [-0.25, -0.2) is 0 Å². The van der Waals surface area contributed by atoms with Crippen molar-refractivity contribution in [3.05, 3.63) is 35.4 Å². The molecule has 1 aromatic carbocycles. The molecule has 0 bridgehead atoms. The zero-order valence-electron chi connectivity index (χ0n) is 16.4. The number of aliphatic imine (C=N–C) groups is 1. The van der Waals surface area contributed by atoms with Gasteiger partial charge in [-0.05, 0) is 56.7 Å². The van der Waals surface area contributed by atoms with E-state index < -0.39 is 0 Å². The van der Waals surface area contributed by atoms with Gasteiger partial charge in [0.2, 0.25) is 0 Å². The molecule has 2 rings (SSSR count). The maximum atomic E-state index is 4.78. The summed E-state index contributed by atoms with van der Waals surface area (Å²) in [5, 5.41) is 7.03. The van der Waals surface area contributed by atoms with Crippen molar-refractivity contribution in [2.45, 2.75) is 58.9 Å². The van der Waals surface area contributed by atoms with Crippen LogP contribution in [0.3, 0.4) is 0 Å². The topological polar surface area (TPSA) is 39.7 Å². The van der Waals surface area contributed by atoms with Crippen molar-refractivity contribution in [2.24, 2.45) is 4.99 Å². The van der Waals surface area contributed by atoms with E-state index >= 15 is 0 Å². The molecule has 0 spiro atoms. The zero-order valence-corrected chi connectivity index (χ0v) is 16.4. The molecule has 4 heteroatoms. The predicted molar refractivity (Wildman–Crippen MR) is 108 cm³/mol. The van der Waals surface area contributed by atoms with E-state index in [1.54, 1.807) is 0 Å². The number of hydrogen-bond acceptors (Lipinski definition) is 2. The standard InChI is InChI=1S/C21H36N4/c1-4-15-25-16-12-20(13-17-25)24-21(22-6-3)23-14-11-19-9-7-18(5-2)8-10-19/h7-10,20H,4-6,11-17H2,1-3H3,(H2,22,23,24). The molecule has 0 radical (unpaired) electrons. The monoisotopic (exact) mass is 344 g/mol. The van der Waals surface area contributed by atoms with E-state index in [2.05, 4.69) is 60.6 Å². The van der Waals surface area contributed by atoms with E-state index in [1.165, 1.54) is 50.0 Å². The van der Waals surface area contributed by atoms with Gasteiger partial charge in [0.1, 0.15) is 0 Å². The smallest absolute Gasteiger partial charge is 0.191 e. The molecule has 0 amide bonds. The van der Waals surface area contributed by atoms with Gasteiger partial charge in [0.05, 0.1) is 0 Å². The quantitative estimate of drug-likeness (QED) is 0.562. The SMILES string of the molecule is CCCN1CCC(NC(=NCCc2ccc(CC)cc2)NCC)CC1. The van der Waals surface area contributed by atoms with Crippen LogP contribution in [-0.4, -0.2) is 49.6 Å². The number of hydrogen-bond donors (Lipinski definition) is 2. The maximum absolute atomic E-state index is 4.78. The molecule has 0 aliphatic carbocycles. The van der Waals surface area contributed by atoms with Crippen molar-refractivity contribution in [1.82, 2.24) is 15.5 Å². The summed E-state index contributed by atoms with van der Waals surface area (Å²) in [5.74, 6) is 0.974. The molecular weight excluding hydrogens is 308 g/mol. The van der Waals surface area contributed by atoms with Gasteiger partial charge >= 0.3 is 0 Å². The first-order valence-electron chi connectivity index (χ1n) is 10.1. The molecule has 1 aromatic rings. The summed E-state index contributed by atoms with van der Waals surface area (Å²) in [5.41, 5.74) is 2.77. The van der Waals surface area contributed by atoms with E-state index in [-0.39, 0.29) is 0 Å². The molecule has 4 nitrogen and oxygen atoms in total. The molecule has 0 aromatic heterocycles. The fourth-order valence-corrected chi connectivity index (χ4v) is 3.37. The Bertz CT molecular complexity index is 501. The fraction of sp³-hybridized carbons (Fsp3) is 0.667. The van der Waals surface area contributed by atoms with Crippen LogP contribution in [0.5, 0.6) is 0 Å². The lowest BCUT2D eigenvalue weighted by molar-refractivity contribution is 0.206. The molecule has 0 saturated carbocycles. The molecule has 1 aliphatic rings. The highest BCUT2D eigenvalue weighted by atomic mass is 15.2. The van der Waals surface area contributed by atoms with Crippen molar-refractivity contribution in [3.8, 4) is 0 Å². The lowest BCUT2D eigenvalue weighted by Crippen LogP contribution is -2.48. The van der Waals surface area contributed by atoms with Crippen LogP contribution in [0.25, 0.3) is 0 Å². The number of likely N-dealkylation sites (tertiary alicyclic amines) is 1. The first-order chi connectivity index (χ1) is 12.2. The maximum Gasteiger partial charge on any atom is 0.191 e. The molecule has 1 heterocycles. The Kier molecular flexibility index (Phi) is 8.81. The molecule has 25 heavy (non-hydrogen) atoms. The minimum Gasteiger partial charge on any atom is -0.357 e. The van der Waals surface area contributed by atoms with Crippen molar-refractivity contribution >= 4 is 5.96 Å². The fourth-order valence-electron chi connectivity index (χ4n) is 3.37. The van der Waals surface area contributed by atoms with Crippen molar-refractivity contribution in [1.29, 1.82) is 0 Å². The average molecular weight is 345 g/mol. The number of benzene rings is 1. The second kappa shape index (κ2) is 11.1. The van der Waals surface area contributed by atoms with Gasteiger partial charge in [-0.1, -0.05) is 38.1 Å². The Balaban J connectivity index is 1.79. The third-order valence-corrected chi connectivity index (χ3v) is 4.91. The number of nitrogens with zero attached hydrogens (tertiary/aromatic N) is 2. The first kappa shape index (κ1) is 19.8. The lowest BCUT2D eigenvalue weighted by atomic mass is 10.1. The zero-order chi connectivity index (χ0) is 17.9. The number of nitrogens with one attached hydrogen (secondary N) is 2. The van der Waals surface area contributed by atoms with E-state index in [0.717, 1.165) is 31.9 Å². The van der Waals surface area contributed by atoms with Crippen LogP contribution in [-0.2, 0) is 12.8 Å². The molecule has 1 saturated heterocycles. The third-order valence-electron chi connectivity index (χ3n) is 4.91. The highest BCUT2D eigenvalue weighted by molar-refractivity contribution is 5.80. The molecular formula is C21H36N4. The molecule has 1 aliphatic heterocycles. The van der Waals surface area contributed by atoms with Gasteiger partial charge in [0.15, 0.2) is 5.96 Å². The van der Waals surface area contributed by atoms with Crippen molar-refractivity contribution in [2.75, 3.05) is 32.7 Å². The van der Waals surface area contributed by atoms with Gasteiger partial charge in [0, 0.05) is 32.2 Å². The summed E-state index contributed by atoms with van der Waals surface area (Å²) in [6, 6.07) is 9.48. The summed E-state index contributed by atoms with van der Waals surface area (Å²) in [6.07, 6.45) is 5.77. The van der Waals surface area contributed by atoms with Gasteiger partial charge in [-0.3, -0.25) is 4.99 Å². The number of aryl methyl sites for hydroxylation is 1. The van der Waals surface area contributed by atoms with E-state index in [1.807, 2.05) is 0 Å². The van der Waals surface area contributed by atoms with Crippen LogP contribution in [0.2, 0.25) is 0 Å². The summed E-state index contributed by atoms with van der Waals surface area (Å²) in [6.45, 7) is 12.0. The summed E-state index contributed by atoms with van der Waals surface area (Å²) < 4.78 is 0. The van der Waals surface area contributed by atoms with Crippen molar-refractivity contribution < 1.29 is 0 Å². The Hall–Kier alpha value is -1.55. The molecule has 1 fully saturated rings. The number of piperidine rings is 1. The largest absolute Gasteiger partial charge is 0.357 e. The van der Waals surface area contributed by atoms with Crippen LogP contribution >= 0.6 is 0 Å². The third kappa shape index (κ3) is 7.07. The highest BCUT2D eigenvalue weighted by Crippen LogP contribution is 2.10. The van der Waals surface area contributed by atoms with E-state index in [0.29, 0.717) is 6.04 Å². The van der Waals surface area contributed by atoms with E-state index in [9.17, 15) is 0 Å². The van der Waals surface area contributed by atoms with Gasteiger partial charge < -0.3 is 15.5 Å². The van der Waals surface area contributed by atoms with Gasteiger partial charge in [-0.15, -0.1) is 0 Å². The second-order valence-electron chi connectivity index (χ2n) is 6.94. The van der Waals surface area contributed by atoms with Crippen LogP contribution in [0.4, 0.5) is 0 Å². The Morgan fingerprint density at radius 2 is 1.76 bits per heavy atom. The lowest BCUT2D eigenvalue weighted by Gasteiger charge is -2.32. The average Bonchev–Trinajstić information content (AvgIpc) is 2.64. The Morgan fingerprint density at radius 3 is 2.36 bits per heavy atom. The summed E-state index contributed by atoms with van der Waals surface area (Å²) >= 11 is 0. The number of guanidine groups is 1. The van der Waals surface area contributed by atoms with Gasteiger partial charge in [-0.2, -0.15) is 0 Å². The Labute approximate surface area is 154 Å². The minimum absolute atomic E-state index is 0.551. The van der Waals surface area contributed by atoms with Crippen LogP contribution in [0.15, 0.2) is 29.3 Å². The Morgan fingerprint density at radius 1 is 1.08 bits per heavy atom. The van der Waals surface area contributed by atoms with Gasteiger partial charge in [0.25, 0.3) is 0 Å².